The summed E-state index contributed by atoms with van der Waals surface area (Å²) < 4.78 is 5.97. The van der Waals surface area contributed by atoms with Gasteiger partial charge in [-0.2, -0.15) is 0 Å². The third-order valence-electron chi connectivity index (χ3n) is 3.77. The molecule has 1 rings (SSSR count). The van der Waals surface area contributed by atoms with E-state index in [2.05, 4.69) is 55.5 Å². The molecular weight excluding hydrogens is 280 g/mol. The van der Waals surface area contributed by atoms with Crippen molar-refractivity contribution in [2.45, 2.75) is 45.5 Å². The maximum atomic E-state index is 9.24. The zero-order chi connectivity index (χ0) is 16.1. The quantitative estimate of drug-likeness (QED) is 0.528. The summed E-state index contributed by atoms with van der Waals surface area (Å²) in [6.45, 7) is 18.0. The fraction of sp³-hybridized carbons (Fsp3) is 0.500. The molecule has 0 aliphatic rings. The summed E-state index contributed by atoms with van der Waals surface area (Å²) in [5.41, 5.74) is 1.49. The van der Waals surface area contributed by atoms with Crippen LogP contribution in [0, 0.1) is 18.4 Å². The topological polar surface area (TPSA) is 46.7 Å². The Morgan fingerprint density at radius 2 is 2.10 bits per heavy atom. The summed E-state index contributed by atoms with van der Waals surface area (Å²) >= 11 is 0. The second-order valence-corrected chi connectivity index (χ2v) is 11.1. The van der Waals surface area contributed by atoms with Crippen molar-refractivity contribution in [1.29, 1.82) is 0 Å². The Bertz CT molecular complexity index is 601. The van der Waals surface area contributed by atoms with Gasteiger partial charge in [0.2, 0.25) is 5.69 Å². The van der Waals surface area contributed by atoms with Crippen LogP contribution in [-0.2, 0) is 11.0 Å². The van der Waals surface area contributed by atoms with Gasteiger partial charge in [-0.15, -0.1) is 0 Å². The van der Waals surface area contributed by atoms with E-state index < -0.39 is 8.32 Å². The van der Waals surface area contributed by atoms with Gasteiger partial charge < -0.3 is 9.53 Å². The fourth-order valence-electron chi connectivity index (χ4n) is 1.34. The molecule has 112 valence electrons. The minimum Gasteiger partial charge on any atom is -0.406 e. The summed E-state index contributed by atoms with van der Waals surface area (Å²) in [5.74, 6) is 5.91. The van der Waals surface area contributed by atoms with Crippen LogP contribution in [-0.4, -0.2) is 25.0 Å². The van der Waals surface area contributed by atoms with Gasteiger partial charge in [0.25, 0.3) is 0 Å². The highest BCUT2D eigenvalue weighted by Crippen LogP contribution is 2.36. The van der Waals surface area contributed by atoms with E-state index in [0.29, 0.717) is 23.6 Å². The van der Waals surface area contributed by atoms with Crippen LogP contribution in [0.2, 0.25) is 18.1 Å². The highest BCUT2D eigenvalue weighted by atomic mass is 28.4. The minimum absolute atomic E-state index is 0.149. The van der Waals surface area contributed by atoms with Gasteiger partial charge in [0.1, 0.15) is 0 Å². The first-order chi connectivity index (χ1) is 9.71. The molecule has 0 aliphatic carbocycles. The van der Waals surface area contributed by atoms with Crippen molar-refractivity contribution in [1.82, 2.24) is 4.98 Å². The smallest absolute Gasteiger partial charge is 0.206 e. The van der Waals surface area contributed by atoms with Crippen molar-refractivity contribution in [3.8, 4) is 11.8 Å². The number of aromatic nitrogens is 1. The standard InChI is InChI=1S/C16H22N2O2Si/c1-16(2,3)21(5,6)20-9-7-8-13-10-14(17-4)11-18-15(13)12-19/h10-11,19H,9,12H2,1-3,5-6H3. The van der Waals surface area contributed by atoms with Gasteiger partial charge in [0, 0.05) is 11.8 Å². The molecule has 1 N–H and O–H groups in total. The molecule has 0 radical (unpaired) electrons. The molecule has 0 fully saturated rings. The molecular formula is C16H22N2O2Si. The molecule has 1 heterocycles. The number of aliphatic hydroxyl groups is 1. The Morgan fingerprint density at radius 1 is 1.43 bits per heavy atom. The molecule has 0 unspecified atom stereocenters. The zero-order valence-electron chi connectivity index (χ0n) is 13.3. The molecule has 4 nitrogen and oxygen atoms in total. The number of pyridine rings is 1. The Labute approximate surface area is 128 Å². The third-order valence-corrected chi connectivity index (χ3v) is 8.25. The predicted octanol–water partition coefficient (Wildman–Crippen LogP) is 3.50. The summed E-state index contributed by atoms with van der Waals surface area (Å²) in [4.78, 5) is 7.36. The first-order valence-electron chi connectivity index (χ1n) is 6.81. The first-order valence-corrected chi connectivity index (χ1v) is 9.72. The van der Waals surface area contributed by atoms with E-state index in [1.54, 1.807) is 6.07 Å². The highest BCUT2D eigenvalue weighted by molar-refractivity contribution is 6.74. The number of nitrogens with zero attached hydrogens (tertiary/aromatic N) is 2. The molecule has 5 heteroatoms. The molecule has 0 aromatic carbocycles. The number of hydrogen-bond donors (Lipinski definition) is 1. The van der Waals surface area contributed by atoms with E-state index in [-0.39, 0.29) is 11.6 Å². The number of rotatable bonds is 3. The lowest BCUT2D eigenvalue weighted by Crippen LogP contribution is -2.40. The normalized spacial score (nSPS) is 11.5. The van der Waals surface area contributed by atoms with Gasteiger partial charge in [0.15, 0.2) is 8.32 Å². The van der Waals surface area contributed by atoms with Crippen molar-refractivity contribution in [2.24, 2.45) is 0 Å². The van der Waals surface area contributed by atoms with Crippen LogP contribution in [0.4, 0.5) is 5.69 Å². The lowest BCUT2D eigenvalue weighted by Gasteiger charge is -2.35. The molecule has 0 atom stereocenters. The second kappa shape index (κ2) is 6.86. The molecule has 1 aromatic heterocycles. The minimum atomic E-state index is -1.80. The monoisotopic (exact) mass is 302 g/mol. The second-order valence-electron chi connectivity index (χ2n) is 6.31. The van der Waals surface area contributed by atoms with Crippen molar-refractivity contribution < 1.29 is 9.53 Å². The summed E-state index contributed by atoms with van der Waals surface area (Å²) in [7, 11) is -1.80. The molecule has 0 saturated heterocycles. The molecule has 0 saturated carbocycles. The van der Waals surface area contributed by atoms with Crippen LogP contribution in [0.25, 0.3) is 4.85 Å². The van der Waals surface area contributed by atoms with Crippen LogP contribution in [0.15, 0.2) is 12.3 Å². The van der Waals surface area contributed by atoms with Crippen LogP contribution >= 0.6 is 0 Å². The van der Waals surface area contributed by atoms with Gasteiger partial charge in [0.05, 0.1) is 25.5 Å². The largest absolute Gasteiger partial charge is 0.406 e. The lowest BCUT2D eigenvalue weighted by atomic mass is 10.2. The average molecular weight is 302 g/mol. The highest BCUT2D eigenvalue weighted by Gasteiger charge is 2.36. The van der Waals surface area contributed by atoms with E-state index in [0.717, 1.165) is 0 Å². The molecule has 0 spiro atoms. The van der Waals surface area contributed by atoms with Gasteiger partial charge >= 0.3 is 0 Å². The summed E-state index contributed by atoms with van der Waals surface area (Å²) in [6.07, 6.45) is 1.44. The third kappa shape index (κ3) is 4.68. The predicted molar refractivity (Wildman–Crippen MR) is 86.4 cm³/mol. The molecule has 21 heavy (non-hydrogen) atoms. The molecule has 0 amide bonds. The van der Waals surface area contributed by atoms with Gasteiger partial charge in [-0.25, -0.2) is 4.85 Å². The van der Waals surface area contributed by atoms with E-state index in [9.17, 15) is 5.11 Å². The Hall–Kier alpha value is -1.66. The zero-order valence-corrected chi connectivity index (χ0v) is 14.3. The van der Waals surface area contributed by atoms with Crippen molar-refractivity contribution in [3.05, 3.63) is 34.9 Å². The molecule has 1 aromatic rings. The number of aliphatic hydroxyl groups excluding tert-OH is 1. The van der Waals surface area contributed by atoms with Crippen LogP contribution < -0.4 is 0 Å². The number of hydrogen-bond acceptors (Lipinski definition) is 3. The maximum Gasteiger partial charge on any atom is 0.206 e. The summed E-state index contributed by atoms with van der Waals surface area (Å²) in [5, 5.41) is 9.39. The molecule has 0 aliphatic heterocycles. The Kier molecular flexibility index (Phi) is 5.68. The van der Waals surface area contributed by atoms with E-state index in [1.165, 1.54) is 6.20 Å². The molecule has 0 bridgehead atoms. The maximum absolute atomic E-state index is 9.24. The van der Waals surface area contributed by atoms with Gasteiger partial charge in [-0.1, -0.05) is 32.6 Å². The van der Waals surface area contributed by atoms with Crippen molar-refractivity contribution in [2.75, 3.05) is 6.61 Å². The fourth-order valence-corrected chi connectivity index (χ4v) is 2.21. The van der Waals surface area contributed by atoms with Crippen LogP contribution in [0.1, 0.15) is 32.0 Å². The van der Waals surface area contributed by atoms with Gasteiger partial charge in [-0.3, -0.25) is 4.98 Å². The van der Waals surface area contributed by atoms with E-state index >= 15 is 0 Å². The average Bonchev–Trinajstić information content (AvgIpc) is 2.42. The van der Waals surface area contributed by atoms with Gasteiger partial charge in [-0.05, 0) is 24.2 Å². The Morgan fingerprint density at radius 3 is 2.62 bits per heavy atom. The SMILES string of the molecule is [C-]#[N+]c1cnc(CO)c(C#CCO[Si](C)(C)C(C)(C)C)c1. The van der Waals surface area contributed by atoms with Crippen LogP contribution in [0.5, 0.6) is 0 Å². The van der Waals surface area contributed by atoms with Crippen molar-refractivity contribution in [3.63, 3.8) is 0 Å². The first kappa shape index (κ1) is 17.4. The van der Waals surface area contributed by atoms with E-state index in [1.807, 2.05) is 0 Å². The lowest BCUT2D eigenvalue weighted by molar-refractivity contribution is 0.276. The Balaban J connectivity index is 2.83. The van der Waals surface area contributed by atoms with Crippen LogP contribution in [0.3, 0.4) is 0 Å². The van der Waals surface area contributed by atoms with Crippen molar-refractivity contribution >= 4 is 14.0 Å². The summed E-state index contributed by atoms with van der Waals surface area (Å²) in [6, 6.07) is 1.64. The van der Waals surface area contributed by atoms with E-state index in [4.69, 9.17) is 11.0 Å².